The number of hydrogen-bond acceptors (Lipinski definition) is 4. The molecule has 1 atom stereocenters. The first-order valence-corrected chi connectivity index (χ1v) is 7.36. The van der Waals surface area contributed by atoms with E-state index in [1.54, 1.807) is 11.3 Å². The summed E-state index contributed by atoms with van der Waals surface area (Å²) in [7, 11) is 0. The van der Waals surface area contributed by atoms with Crippen molar-refractivity contribution in [1.82, 2.24) is 14.3 Å². The molecule has 2 N–H and O–H groups in total. The number of nitrogens with two attached hydrogens (primary N) is 1. The summed E-state index contributed by atoms with van der Waals surface area (Å²) < 4.78 is 1.96. The summed E-state index contributed by atoms with van der Waals surface area (Å²) in [4.78, 5) is 19.6. The summed E-state index contributed by atoms with van der Waals surface area (Å²) >= 11 is 1.58. The lowest BCUT2D eigenvalue weighted by Gasteiger charge is -2.22. The van der Waals surface area contributed by atoms with Crippen molar-refractivity contribution < 1.29 is 4.79 Å². The predicted octanol–water partition coefficient (Wildman–Crippen LogP) is 1.56. The molecule has 1 saturated heterocycles. The summed E-state index contributed by atoms with van der Waals surface area (Å²) in [6, 6.07) is 0. The number of nitrogens with zero attached hydrogens (tertiary/aromatic N) is 3. The quantitative estimate of drug-likeness (QED) is 0.935. The maximum absolute atomic E-state index is 12.3. The molecule has 1 amide bonds. The van der Waals surface area contributed by atoms with Crippen LogP contribution >= 0.6 is 23.7 Å². The number of thiazole rings is 1. The van der Waals surface area contributed by atoms with Gasteiger partial charge in [-0.05, 0) is 18.4 Å². The van der Waals surface area contributed by atoms with Gasteiger partial charge in [-0.25, -0.2) is 4.98 Å². The van der Waals surface area contributed by atoms with Crippen molar-refractivity contribution in [3.05, 3.63) is 23.5 Å². The van der Waals surface area contributed by atoms with Gasteiger partial charge >= 0.3 is 0 Å². The third-order valence-corrected chi connectivity index (χ3v) is 4.65. The molecular formula is C13H19ClN4OS. The van der Waals surface area contributed by atoms with Gasteiger partial charge in [0.15, 0.2) is 4.96 Å². The highest BCUT2D eigenvalue weighted by molar-refractivity contribution is 7.15. The number of imidazole rings is 1. The topological polar surface area (TPSA) is 63.6 Å². The normalized spacial score (nSPS) is 22.2. The van der Waals surface area contributed by atoms with E-state index >= 15 is 0 Å². The van der Waals surface area contributed by atoms with E-state index < -0.39 is 0 Å². The molecule has 110 valence electrons. The van der Waals surface area contributed by atoms with Crippen molar-refractivity contribution in [2.45, 2.75) is 19.8 Å². The molecule has 1 aliphatic heterocycles. The number of rotatable bonds is 3. The summed E-state index contributed by atoms with van der Waals surface area (Å²) in [5.74, 6) is 0.155. The zero-order valence-corrected chi connectivity index (χ0v) is 13.0. The molecule has 0 bridgehead atoms. The van der Waals surface area contributed by atoms with E-state index in [1.165, 1.54) is 0 Å². The van der Waals surface area contributed by atoms with Crippen molar-refractivity contribution in [3.8, 4) is 0 Å². The molecule has 3 rings (SSSR count). The zero-order chi connectivity index (χ0) is 13.5. The number of carbonyl (C=O) groups is 1. The van der Waals surface area contributed by atoms with Crippen molar-refractivity contribution in [2.75, 3.05) is 19.6 Å². The summed E-state index contributed by atoms with van der Waals surface area (Å²) in [6.07, 6.45) is 5.27. The highest BCUT2D eigenvalue weighted by Crippen LogP contribution is 2.28. The van der Waals surface area contributed by atoms with Crippen LogP contribution in [-0.4, -0.2) is 39.8 Å². The fourth-order valence-electron chi connectivity index (χ4n) is 2.53. The first-order valence-electron chi connectivity index (χ1n) is 6.49. The van der Waals surface area contributed by atoms with Crippen LogP contribution in [0.25, 0.3) is 4.96 Å². The molecule has 7 heteroatoms. The Hall–Kier alpha value is -1.11. The van der Waals surface area contributed by atoms with Crippen LogP contribution in [0.3, 0.4) is 0 Å². The van der Waals surface area contributed by atoms with Crippen LogP contribution in [0, 0.1) is 5.41 Å². The van der Waals surface area contributed by atoms with Gasteiger partial charge in [0, 0.05) is 30.9 Å². The molecule has 0 aromatic carbocycles. The Kier molecular flexibility index (Phi) is 4.36. The molecule has 0 spiro atoms. The highest BCUT2D eigenvalue weighted by Gasteiger charge is 2.34. The summed E-state index contributed by atoms with van der Waals surface area (Å²) in [6.45, 7) is 4.36. The molecule has 0 saturated carbocycles. The summed E-state index contributed by atoms with van der Waals surface area (Å²) in [5, 5.41) is 1.99. The van der Waals surface area contributed by atoms with Gasteiger partial charge in [-0.1, -0.05) is 6.92 Å². The van der Waals surface area contributed by atoms with Gasteiger partial charge in [0.25, 0.3) is 0 Å². The van der Waals surface area contributed by atoms with Gasteiger partial charge in [-0.3, -0.25) is 9.20 Å². The Bertz CT molecular complexity index is 582. The van der Waals surface area contributed by atoms with Gasteiger partial charge in [-0.2, -0.15) is 0 Å². The Labute approximate surface area is 128 Å². The molecule has 2 aromatic rings. The standard InChI is InChI=1S/C13H18N4OS.ClH/c1-13(8-14)2-3-17(9-13)11(18)6-10-7-16-4-5-19-12(16)15-10;/h4-5,7H,2-3,6,8-9,14H2,1H3;1H. The van der Waals surface area contributed by atoms with Crippen molar-refractivity contribution in [2.24, 2.45) is 11.1 Å². The molecule has 0 aliphatic carbocycles. The van der Waals surface area contributed by atoms with Crippen LogP contribution in [0.1, 0.15) is 19.0 Å². The molecule has 1 fully saturated rings. The SMILES string of the molecule is CC1(CN)CCN(C(=O)Cc2cn3ccsc3n2)C1.Cl. The molecule has 1 unspecified atom stereocenters. The lowest BCUT2D eigenvalue weighted by molar-refractivity contribution is -0.129. The molecule has 3 heterocycles. The second-order valence-electron chi connectivity index (χ2n) is 5.58. The van der Waals surface area contributed by atoms with Crippen LogP contribution in [0.15, 0.2) is 17.8 Å². The van der Waals surface area contributed by atoms with E-state index in [1.807, 2.05) is 27.1 Å². The number of aromatic nitrogens is 2. The van der Waals surface area contributed by atoms with E-state index in [9.17, 15) is 4.79 Å². The van der Waals surface area contributed by atoms with Crippen LogP contribution in [-0.2, 0) is 11.2 Å². The number of carbonyl (C=O) groups excluding carboxylic acids is 1. The fourth-order valence-corrected chi connectivity index (χ4v) is 3.25. The van der Waals surface area contributed by atoms with Gasteiger partial charge in [-0.15, -0.1) is 23.7 Å². The average Bonchev–Trinajstić information content (AvgIpc) is 3.03. The van der Waals surface area contributed by atoms with Crippen molar-refractivity contribution in [1.29, 1.82) is 0 Å². The van der Waals surface area contributed by atoms with Crippen molar-refractivity contribution >= 4 is 34.6 Å². The van der Waals surface area contributed by atoms with Crippen LogP contribution in [0.2, 0.25) is 0 Å². The van der Waals surface area contributed by atoms with Crippen molar-refractivity contribution in [3.63, 3.8) is 0 Å². The number of likely N-dealkylation sites (tertiary alicyclic amines) is 1. The maximum atomic E-state index is 12.3. The monoisotopic (exact) mass is 314 g/mol. The fraction of sp³-hybridized carbons (Fsp3) is 0.538. The highest BCUT2D eigenvalue weighted by atomic mass is 35.5. The third-order valence-electron chi connectivity index (χ3n) is 3.88. The molecule has 1 aliphatic rings. The number of hydrogen-bond donors (Lipinski definition) is 1. The minimum atomic E-state index is 0. The zero-order valence-electron chi connectivity index (χ0n) is 11.4. The minimum Gasteiger partial charge on any atom is -0.342 e. The number of amides is 1. The second-order valence-corrected chi connectivity index (χ2v) is 6.45. The summed E-state index contributed by atoms with van der Waals surface area (Å²) in [5.41, 5.74) is 6.70. The van der Waals surface area contributed by atoms with Gasteiger partial charge in [0.05, 0.1) is 12.1 Å². The minimum absolute atomic E-state index is 0. The molecule has 0 radical (unpaired) electrons. The first-order chi connectivity index (χ1) is 9.09. The smallest absolute Gasteiger partial charge is 0.228 e. The van der Waals surface area contributed by atoms with Crippen LogP contribution < -0.4 is 5.73 Å². The van der Waals surface area contributed by atoms with E-state index in [0.29, 0.717) is 13.0 Å². The Morgan fingerprint density at radius 3 is 3.05 bits per heavy atom. The average molecular weight is 315 g/mol. The lowest BCUT2D eigenvalue weighted by atomic mass is 9.90. The molecule has 5 nitrogen and oxygen atoms in total. The van der Waals surface area contributed by atoms with E-state index in [2.05, 4.69) is 11.9 Å². The predicted molar refractivity (Wildman–Crippen MR) is 82.4 cm³/mol. The van der Waals surface area contributed by atoms with E-state index in [-0.39, 0.29) is 23.7 Å². The first kappa shape index (κ1) is 15.3. The van der Waals surface area contributed by atoms with Crippen LogP contribution in [0.5, 0.6) is 0 Å². The number of fused-ring (bicyclic) bond motifs is 1. The number of halogens is 1. The maximum Gasteiger partial charge on any atom is 0.228 e. The Balaban J connectivity index is 0.00000147. The van der Waals surface area contributed by atoms with Gasteiger partial charge < -0.3 is 10.6 Å². The Morgan fingerprint density at radius 2 is 2.40 bits per heavy atom. The lowest BCUT2D eigenvalue weighted by Crippen LogP contribution is -2.35. The van der Waals surface area contributed by atoms with E-state index in [0.717, 1.165) is 30.2 Å². The molecule has 20 heavy (non-hydrogen) atoms. The molecular weight excluding hydrogens is 296 g/mol. The Morgan fingerprint density at radius 1 is 1.60 bits per heavy atom. The largest absolute Gasteiger partial charge is 0.342 e. The molecule has 2 aromatic heterocycles. The third kappa shape index (κ3) is 2.82. The van der Waals surface area contributed by atoms with E-state index in [4.69, 9.17) is 5.73 Å². The van der Waals surface area contributed by atoms with Crippen LogP contribution in [0.4, 0.5) is 0 Å². The van der Waals surface area contributed by atoms with Gasteiger partial charge in [0.2, 0.25) is 5.91 Å². The second kappa shape index (κ2) is 5.71. The van der Waals surface area contributed by atoms with Gasteiger partial charge in [0.1, 0.15) is 0 Å².